The Morgan fingerprint density at radius 2 is 1.83 bits per heavy atom. The van der Waals surface area contributed by atoms with Crippen LogP contribution in [0.25, 0.3) is 0 Å². The molecule has 162 valence electrons. The van der Waals surface area contributed by atoms with E-state index < -0.39 is 24.0 Å². The predicted octanol–water partition coefficient (Wildman–Crippen LogP) is 0.198. The van der Waals surface area contributed by atoms with E-state index >= 15 is 0 Å². The number of rotatable bonds is 5. The first-order valence-corrected chi connectivity index (χ1v) is 9.87. The lowest BCUT2D eigenvalue weighted by molar-refractivity contribution is -0.129. The van der Waals surface area contributed by atoms with E-state index in [2.05, 4.69) is 26.6 Å². The second-order valence-electron chi connectivity index (χ2n) is 7.58. The molecule has 5 N–H and O–H groups in total. The van der Waals surface area contributed by atoms with Crippen molar-refractivity contribution in [1.29, 1.82) is 0 Å². The smallest absolute Gasteiger partial charge is 0.315 e. The third-order valence-electron chi connectivity index (χ3n) is 4.46. The number of carbonyl (C=O) groups is 4. The molecule has 1 rings (SSSR count). The van der Waals surface area contributed by atoms with Gasteiger partial charge in [0.25, 0.3) is 0 Å². The maximum atomic E-state index is 12.8. The van der Waals surface area contributed by atoms with Crippen LogP contribution in [0.2, 0.25) is 0 Å². The fraction of sp³-hybridized carbons (Fsp3) is 0.600. The van der Waals surface area contributed by atoms with Crippen molar-refractivity contribution in [2.45, 2.75) is 52.2 Å². The fourth-order valence-electron chi connectivity index (χ4n) is 2.64. The first-order chi connectivity index (χ1) is 13.6. The van der Waals surface area contributed by atoms with Crippen molar-refractivity contribution in [3.63, 3.8) is 0 Å². The molecular weight excluding hydrogens is 374 g/mol. The highest BCUT2D eigenvalue weighted by Crippen LogP contribution is 2.07. The molecule has 0 aromatic rings. The van der Waals surface area contributed by atoms with Crippen molar-refractivity contribution < 1.29 is 19.2 Å². The molecule has 0 aromatic carbocycles. The molecule has 0 bridgehead atoms. The third kappa shape index (κ3) is 8.37. The SMILES string of the molecule is CNC(=O)N[C@H](C(=O)N[C@H]1/C=C/CCNC(=O)/C=C/[C@H](C(C)C)NC1=O)C(C)C. The molecule has 0 fully saturated rings. The summed E-state index contributed by atoms with van der Waals surface area (Å²) in [7, 11) is 1.46. The highest BCUT2D eigenvalue weighted by molar-refractivity contribution is 5.93. The molecular formula is C20H33N5O4. The summed E-state index contributed by atoms with van der Waals surface area (Å²) in [4.78, 5) is 49.0. The van der Waals surface area contributed by atoms with Gasteiger partial charge in [-0.25, -0.2) is 4.79 Å². The van der Waals surface area contributed by atoms with Gasteiger partial charge in [0, 0.05) is 25.7 Å². The second-order valence-corrected chi connectivity index (χ2v) is 7.58. The van der Waals surface area contributed by atoms with Crippen LogP contribution < -0.4 is 26.6 Å². The van der Waals surface area contributed by atoms with Gasteiger partial charge >= 0.3 is 6.03 Å². The molecule has 1 heterocycles. The summed E-state index contributed by atoms with van der Waals surface area (Å²) in [5.41, 5.74) is 0. The van der Waals surface area contributed by atoms with Gasteiger partial charge in [0.2, 0.25) is 17.7 Å². The Labute approximate surface area is 172 Å². The molecule has 9 heteroatoms. The Kier molecular flexibility index (Phi) is 9.91. The Morgan fingerprint density at radius 3 is 2.41 bits per heavy atom. The largest absolute Gasteiger partial charge is 0.352 e. The second kappa shape index (κ2) is 11.9. The zero-order chi connectivity index (χ0) is 22.0. The van der Waals surface area contributed by atoms with Gasteiger partial charge in [-0.05, 0) is 18.3 Å². The summed E-state index contributed by atoms with van der Waals surface area (Å²) in [5, 5.41) is 13.3. The molecule has 0 unspecified atom stereocenters. The van der Waals surface area contributed by atoms with E-state index in [0.717, 1.165) is 0 Å². The standard InChI is InChI=1S/C20H33N5O4/c1-12(2)14-9-10-16(26)22-11-7-6-8-15(18(27)23-14)24-19(28)17(13(3)4)25-20(29)21-5/h6,8-10,12-15,17H,7,11H2,1-5H3,(H,22,26)(H,23,27)(H,24,28)(H2,21,25,29)/b8-6+,10-9+/t14-,15+,17+/m1/s1. The average molecular weight is 408 g/mol. The minimum atomic E-state index is -0.903. The van der Waals surface area contributed by atoms with Crippen molar-refractivity contribution >= 4 is 23.8 Å². The molecule has 9 nitrogen and oxygen atoms in total. The van der Waals surface area contributed by atoms with Gasteiger partial charge in [0.1, 0.15) is 12.1 Å². The zero-order valence-electron chi connectivity index (χ0n) is 17.7. The van der Waals surface area contributed by atoms with Crippen molar-refractivity contribution in [3.05, 3.63) is 24.3 Å². The van der Waals surface area contributed by atoms with Gasteiger partial charge in [-0.2, -0.15) is 0 Å². The monoisotopic (exact) mass is 407 g/mol. The van der Waals surface area contributed by atoms with Crippen LogP contribution in [-0.4, -0.2) is 55.5 Å². The number of hydrogen-bond acceptors (Lipinski definition) is 4. The van der Waals surface area contributed by atoms with E-state index in [1.165, 1.54) is 13.1 Å². The Balaban J connectivity index is 3.01. The van der Waals surface area contributed by atoms with Gasteiger partial charge in [-0.3, -0.25) is 14.4 Å². The van der Waals surface area contributed by atoms with E-state index in [9.17, 15) is 19.2 Å². The Hall–Kier alpha value is -2.84. The van der Waals surface area contributed by atoms with Gasteiger partial charge < -0.3 is 26.6 Å². The molecule has 0 aliphatic carbocycles. The molecule has 3 atom stereocenters. The molecule has 0 spiro atoms. The fourth-order valence-corrected chi connectivity index (χ4v) is 2.64. The van der Waals surface area contributed by atoms with Gasteiger partial charge in [-0.1, -0.05) is 45.9 Å². The maximum absolute atomic E-state index is 12.8. The molecule has 1 aliphatic rings. The van der Waals surface area contributed by atoms with Crippen LogP contribution >= 0.6 is 0 Å². The van der Waals surface area contributed by atoms with Crippen LogP contribution in [0.1, 0.15) is 34.1 Å². The number of amides is 5. The minimum Gasteiger partial charge on any atom is -0.352 e. The van der Waals surface area contributed by atoms with Gasteiger partial charge in [0.15, 0.2) is 0 Å². The minimum absolute atomic E-state index is 0.0459. The maximum Gasteiger partial charge on any atom is 0.315 e. The van der Waals surface area contributed by atoms with Gasteiger partial charge in [0.05, 0.1) is 0 Å². The highest BCUT2D eigenvalue weighted by atomic mass is 16.2. The molecule has 29 heavy (non-hydrogen) atoms. The van der Waals surface area contributed by atoms with Crippen LogP contribution in [0.4, 0.5) is 4.79 Å². The molecule has 0 radical (unpaired) electrons. The van der Waals surface area contributed by atoms with Crippen molar-refractivity contribution in [3.8, 4) is 0 Å². The number of nitrogens with one attached hydrogen (secondary N) is 5. The van der Waals surface area contributed by atoms with E-state index in [4.69, 9.17) is 0 Å². The lowest BCUT2D eigenvalue weighted by Crippen LogP contribution is -2.57. The molecule has 0 saturated heterocycles. The highest BCUT2D eigenvalue weighted by Gasteiger charge is 2.28. The summed E-state index contributed by atoms with van der Waals surface area (Å²) in [6.07, 6.45) is 6.89. The van der Waals surface area contributed by atoms with E-state index in [1.807, 2.05) is 13.8 Å². The van der Waals surface area contributed by atoms with Crippen molar-refractivity contribution in [2.75, 3.05) is 13.6 Å². The Bertz CT molecular complexity index is 657. The predicted molar refractivity (Wildman–Crippen MR) is 111 cm³/mol. The lowest BCUT2D eigenvalue weighted by Gasteiger charge is -2.26. The summed E-state index contributed by atoms with van der Waals surface area (Å²) in [6, 6.07) is -2.54. The van der Waals surface area contributed by atoms with Crippen LogP contribution in [-0.2, 0) is 14.4 Å². The van der Waals surface area contributed by atoms with Crippen LogP contribution in [0, 0.1) is 11.8 Å². The lowest BCUT2D eigenvalue weighted by atomic mass is 10.0. The molecule has 1 aliphatic heterocycles. The molecule has 0 aromatic heterocycles. The topological polar surface area (TPSA) is 128 Å². The summed E-state index contributed by atoms with van der Waals surface area (Å²) in [6.45, 7) is 7.87. The Morgan fingerprint density at radius 1 is 1.14 bits per heavy atom. The van der Waals surface area contributed by atoms with Crippen LogP contribution in [0.3, 0.4) is 0 Å². The molecule has 0 saturated carbocycles. The normalized spacial score (nSPS) is 23.7. The van der Waals surface area contributed by atoms with Gasteiger partial charge in [-0.15, -0.1) is 0 Å². The first kappa shape index (κ1) is 24.2. The summed E-state index contributed by atoms with van der Waals surface area (Å²) >= 11 is 0. The van der Waals surface area contributed by atoms with Crippen LogP contribution in [0.15, 0.2) is 24.3 Å². The van der Waals surface area contributed by atoms with Crippen molar-refractivity contribution in [1.82, 2.24) is 26.6 Å². The quantitative estimate of drug-likeness (QED) is 0.417. The average Bonchev–Trinajstić information content (AvgIpc) is 2.65. The zero-order valence-corrected chi connectivity index (χ0v) is 17.7. The van der Waals surface area contributed by atoms with Crippen LogP contribution in [0.5, 0.6) is 0 Å². The molecule has 5 amide bonds. The third-order valence-corrected chi connectivity index (χ3v) is 4.46. The number of hydrogen-bond donors (Lipinski definition) is 5. The van der Waals surface area contributed by atoms with E-state index in [0.29, 0.717) is 13.0 Å². The van der Waals surface area contributed by atoms with E-state index in [1.54, 1.807) is 32.1 Å². The first-order valence-electron chi connectivity index (χ1n) is 9.87. The van der Waals surface area contributed by atoms with E-state index in [-0.39, 0.29) is 29.7 Å². The number of carbonyl (C=O) groups excluding carboxylic acids is 4. The summed E-state index contributed by atoms with van der Waals surface area (Å²) in [5.74, 6) is -1.19. The van der Waals surface area contributed by atoms with Crippen molar-refractivity contribution in [2.24, 2.45) is 11.8 Å². The summed E-state index contributed by atoms with van der Waals surface area (Å²) < 4.78 is 0. The number of urea groups is 1.